The van der Waals surface area contributed by atoms with Gasteiger partial charge in [0.1, 0.15) is 18.2 Å². The van der Waals surface area contributed by atoms with Crippen LogP contribution in [-0.2, 0) is 28.7 Å². The summed E-state index contributed by atoms with van der Waals surface area (Å²) in [5.74, 6) is -3.45. The van der Waals surface area contributed by atoms with Crippen molar-refractivity contribution in [2.45, 2.75) is 67.6 Å². The summed E-state index contributed by atoms with van der Waals surface area (Å²) < 4.78 is 12.2. The number of aliphatic hydroxyl groups is 1. The summed E-state index contributed by atoms with van der Waals surface area (Å²) in [5, 5.41) is 13.0. The minimum Gasteiger partial charge on any atom is -0.463 e. The maximum absolute atomic E-state index is 14.9. The quantitative estimate of drug-likeness (QED) is 0.106. The predicted molar refractivity (Wildman–Crippen MR) is 190 cm³/mol. The summed E-state index contributed by atoms with van der Waals surface area (Å²) in [6, 6.07) is 12.8. The molecule has 3 amide bonds. The number of aryl methyl sites for hydroxylation is 1. The number of unbranched alkanes of at least 4 members (excludes halogenated alkanes) is 1. The summed E-state index contributed by atoms with van der Waals surface area (Å²) in [5.41, 5.74) is 0.718. The molecule has 2 bridgehead atoms. The van der Waals surface area contributed by atoms with Crippen LogP contribution in [0.2, 0.25) is 5.02 Å². The molecule has 2 N–H and O–H groups in total. The Hall–Kier alpha value is -3.51. The van der Waals surface area contributed by atoms with Crippen molar-refractivity contribution in [1.82, 2.24) is 10.2 Å². The Morgan fingerprint density at radius 2 is 1.94 bits per heavy atom. The predicted octanol–water partition coefficient (Wildman–Crippen LogP) is 5.05. The van der Waals surface area contributed by atoms with Gasteiger partial charge in [0.2, 0.25) is 11.8 Å². The normalized spacial score (nSPS) is 25.8. The Kier molecular flexibility index (Phi) is 12.0. The van der Waals surface area contributed by atoms with Gasteiger partial charge in [-0.15, -0.1) is 13.2 Å². The van der Waals surface area contributed by atoms with Crippen LogP contribution in [0.25, 0.3) is 0 Å². The number of hydrogen-bond donors (Lipinski definition) is 2. The third kappa shape index (κ3) is 7.22. The number of benzene rings is 2. The number of hydrogen-bond acceptors (Lipinski definition) is 7. The number of alkyl halides is 1. The second-order valence-electron chi connectivity index (χ2n) is 12.8. The van der Waals surface area contributed by atoms with Gasteiger partial charge >= 0.3 is 5.97 Å². The number of esters is 1. The molecule has 3 aliphatic rings. The van der Waals surface area contributed by atoms with Gasteiger partial charge in [-0.05, 0) is 49.8 Å². The number of aliphatic hydroxyl groups excluding tert-OH is 1. The molecule has 0 aromatic heterocycles. The van der Waals surface area contributed by atoms with Gasteiger partial charge in [0.05, 0.1) is 34.7 Å². The first-order valence-corrected chi connectivity index (χ1v) is 17.9. The van der Waals surface area contributed by atoms with Crippen molar-refractivity contribution in [2.24, 2.45) is 11.8 Å². The zero-order valence-corrected chi connectivity index (χ0v) is 29.9. The third-order valence-electron chi connectivity index (χ3n) is 9.65. The Morgan fingerprint density at radius 3 is 2.61 bits per heavy atom. The molecule has 0 aliphatic carbocycles. The van der Waals surface area contributed by atoms with Crippen molar-refractivity contribution in [1.29, 1.82) is 0 Å². The molecule has 5 rings (SSSR count). The second kappa shape index (κ2) is 16.0. The lowest BCUT2D eigenvalue weighted by Crippen LogP contribution is -2.57. The van der Waals surface area contributed by atoms with Gasteiger partial charge in [0, 0.05) is 30.9 Å². The summed E-state index contributed by atoms with van der Waals surface area (Å²) >= 11 is 10.4. The molecule has 0 radical (unpaired) electrons. The van der Waals surface area contributed by atoms with Crippen molar-refractivity contribution in [2.75, 3.05) is 31.2 Å². The van der Waals surface area contributed by atoms with Gasteiger partial charge < -0.3 is 29.7 Å². The van der Waals surface area contributed by atoms with Gasteiger partial charge in [0.15, 0.2) is 0 Å². The van der Waals surface area contributed by atoms with Crippen LogP contribution in [0.4, 0.5) is 5.69 Å². The largest absolute Gasteiger partial charge is 0.463 e. The molecular weight excluding hydrogens is 714 g/mol. The third-order valence-corrected chi connectivity index (χ3v) is 10.8. The maximum atomic E-state index is 14.9. The Labute approximate surface area is 300 Å². The van der Waals surface area contributed by atoms with E-state index in [1.807, 2.05) is 43.3 Å². The van der Waals surface area contributed by atoms with E-state index in [0.29, 0.717) is 36.4 Å². The number of ether oxygens (including phenoxy) is 2. The molecule has 49 heavy (non-hydrogen) atoms. The van der Waals surface area contributed by atoms with E-state index in [0.717, 1.165) is 11.1 Å². The summed E-state index contributed by atoms with van der Waals surface area (Å²) in [6.45, 7) is 9.53. The van der Waals surface area contributed by atoms with Gasteiger partial charge in [-0.25, -0.2) is 0 Å². The molecule has 1 spiro atoms. The average Bonchev–Trinajstić information content (AvgIpc) is 3.68. The summed E-state index contributed by atoms with van der Waals surface area (Å²) in [6.07, 6.45) is 4.40. The highest BCUT2D eigenvalue weighted by atomic mass is 79.9. The van der Waals surface area contributed by atoms with Gasteiger partial charge in [-0.2, -0.15) is 0 Å². The number of carbonyl (C=O) groups excluding carboxylic acids is 4. The lowest BCUT2D eigenvalue weighted by Gasteiger charge is -2.37. The van der Waals surface area contributed by atoms with Crippen molar-refractivity contribution in [3.05, 3.63) is 90.0 Å². The first-order valence-electron chi connectivity index (χ1n) is 16.6. The molecule has 3 aliphatic heterocycles. The Morgan fingerprint density at radius 1 is 1.18 bits per heavy atom. The van der Waals surface area contributed by atoms with Crippen LogP contribution in [0.15, 0.2) is 73.8 Å². The van der Waals surface area contributed by atoms with E-state index in [1.54, 1.807) is 24.3 Å². The standard InChI is InChI=1S/C37H43BrClN3O7/c1-4-6-17-28(44)48-22-27(24-14-8-7-9-15-24)40-34(45)29-30-35(46)42(19-10-11-20-43)33(37(30)21-25(38)32(29)49-37)36(47)41(18-5-2)31-23(3)13-12-16-26(31)39/h4-5,7-9,12-16,25,27,29-30,32-33,43H,1-2,6,10-11,17-22H2,3H3,(H,40,45)/t25?,27-,29-,30+,32-,33-,37+/m0/s1. The fourth-order valence-corrected chi connectivity index (χ4v) is 8.79. The summed E-state index contributed by atoms with van der Waals surface area (Å²) in [7, 11) is 0. The zero-order chi connectivity index (χ0) is 35.3. The molecule has 3 fully saturated rings. The van der Waals surface area contributed by atoms with Gasteiger partial charge in [-0.1, -0.05) is 82.1 Å². The Bertz CT molecular complexity index is 1550. The van der Waals surface area contributed by atoms with Crippen LogP contribution in [0.1, 0.15) is 49.3 Å². The van der Waals surface area contributed by atoms with Crippen LogP contribution in [0.5, 0.6) is 0 Å². The van der Waals surface area contributed by atoms with Crippen molar-refractivity contribution in [3.63, 3.8) is 0 Å². The number of amides is 3. The number of nitrogens with zero attached hydrogens (tertiary/aromatic N) is 2. The van der Waals surface area contributed by atoms with E-state index in [4.69, 9.17) is 21.1 Å². The molecule has 3 heterocycles. The Balaban J connectivity index is 1.50. The van der Waals surface area contributed by atoms with E-state index in [9.17, 15) is 24.3 Å². The summed E-state index contributed by atoms with van der Waals surface area (Å²) in [4.78, 5) is 58.9. The molecule has 262 valence electrons. The number of carbonyl (C=O) groups is 4. The molecule has 10 nitrogen and oxygen atoms in total. The fourth-order valence-electron chi connectivity index (χ4n) is 7.52. The molecule has 7 atom stereocenters. The molecular formula is C37H43BrClN3O7. The first kappa shape index (κ1) is 36.8. The lowest BCUT2D eigenvalue weighted by atomic mass is 9.70. The molecule has 1 unspecified atom stereocenters. The van der Waals surface area contributed by atoms with E-state index < -0.39 is 47.5 Å². The number of rotatable bonds is 16. The van der Waals surface area contributed by atoms with Crippen molar-refractivity contribution >= 4 is 56.9 Å². The van der Waals surface area contributed by atoms with Crippen LogP contribution in [0, 0.1) is 18.8 Å². The molecule has 2 aromatic rings. The highest BCUT2D eigenvalue weighted by molar-refractivity contribution is 9.09. The minimum atomic E-state index is -1.30. The van der Waals surface area contributed by atoms with E-state index in [-0.39, 0.29) is 49.4 Å². The van der Waals surface area contributed by atoms with E-state index in [1.165, 1.54) is 9.80 Å². The first-order chi connectivity index (χ1) is 23.6. The fraction of sp³-hybridized carbons (Fsp3) is 0.459. The van der Waals surface area contributed by atoms with Crippen molar-refractivity contribution in [3.8, 4) is 0 Å². The number of anilines is 1. The van der Waals surface area contributed by atoms with Crippen LogP contribution in [0.3, 0.4) is 0 Å². The molecule has 3 saturated heterocycles. The average molecular weight is 757 g/mol. The minimum absolute atomic E-state index is 0.0667. The second-order valence-corrected chi connectivity index (χ2v) is 14.3. The topological polar surface area (TPSA) is 125 Å². The molecule has 12 heteroatoms. The highest BCUT2D eigenvalue weighted by Gasteiger charge is 2.76. The van der Waals surface area contributed by atoms with Gasteiger partial charge in [0.25, 0.3) is 5.91 Å². The van der Waals surface area contributed by atoms with Crippen molar-refractivity contribution < 1.29 is 33.8 Å². The van der Waals surface area contributed by atoms with E-state index >= 15 is 0 Å². The monoisotopic (exact) mass is 755 g/mol. The maximum Gasteiger partial charge on any atom is 0.306 e. The highest BCUT2D eigenvalue weighted by Crippen LogP contribution is 2.60. The SMILES string of the molecule is C=CCCC(=O)OC[C@H](NC(=O)[C@@H]1[C@H]2O[C@@]3(CC2Br)[C@H](C(=O)N(CC=C)c2c(C)cccc2Cl)N(CCCCO)C(=O)[C@@H]13)c1ccccc1. The number of allylic oxidation sites excluding steroid dienone is 1. The smallest absolute Gasteiger partial charge is 0.306 e. The number of fused-ring (bicyclic) bond motifs is 1. The van der Waals surface area contributed by atoms with Crippen LogP contribution in [-0.4, -0.2) is 82.6 Å². The van der Waals surface area contributed by atoms with Crippen LogP contribution < -0.4 is 10.2 Å². The molecule has 2 aromatic carbocycles. The van der Waals surface area contributed by atoms with E-state index in [2.05, 4.69) is 34.4 Å². The number of para-hydroxylation sites is 1. The zero-order valence-electron chi connectivity index (χ0n) is 27.6. The molecule has 0 saturated carbocycles. The lowest BCUT2D eigenvalue weighted by molar-refractivity contribution is -0.145. The number of likely N-dealkylation sites (tertiary alicyclic amines) is 1. The number of nitrogens with one attached hydrogen (secondary N) is 1. The van der Waals surface area contributed by atoms with Gasteiger partial charge in [-0.3, -0.25) is 19.2 Å². The number of halogens is 2. The van der Waals surface area contributed by atoms with Crippen LogP contribution >= 0.6 is 27.5 Å².